The van der Waals surface area contributed by atoms with Crippen molar-refractivity contribution in [2.45, 2.75) is 27.3 Å². The molecule has 3 aromatic rings. The molecule has 0 spiro atoms. The van der Waals surface area contributed by atoms with Gasteiger partial charge in [-0.05, 0) is 61.7 Å². The molecular weight excluding hydrogens is 366 g/mol. The van der Waals surface area contributed by atoms with Crippen LogP contribution in [0.1, 0.15) is 32.7 Å². The fourth-order valence-electron chi connectivity index (χ4n) is 3.44. The van der Waals surface area contributed by atoms with Crippen molar-refractivity contribution in [1.29, 1.82) is 0 Å². The molecule has 0 radical (unpaired) electrons. The lowest BCUT2D eigenvalue weighted by Gasteiger charge is -2.13. The summed E-state index contributed by atoms with van der Waals surface area (Å²) in [4.78, 5) is 16.9. The van der Waals surface area contributed by atoms with Crippen molar-refractivity contribution in [3.63, 3.8) is 0 Å². The summed E-state index contributed by atoms with van der Waals surface area (Å²) in [5.41, 5.74) is 6.37. The summed E-state index contributed by atoms with van der Waals surface area (Å²) < 4.78 is 10.7. The number of pyridine rings is 1. The average molecular weight is 389 g/mol. The summed E-state index contributed by atoms with van der Waals surface area (Å²) in [6, 6.07) is 13.5. The van der Waals surface area contributed by atoms with Crippen LogP contribution < -0.4 is 20.1 Å². The molecule has 0 saturated heterocycles. The summed E-state index contributed by atoms with van der Waals surface area (Å²) in [5.74, 6) is 1.31. The second-order valence-electron chi connectivity index (χ2n) is 7.20. The van der Waals surface area contributed by atoms with Gasteiger partial charge >= 0.3 is 0 Å². The number of anilines is 2. The summed E-state index contributed by atoms with van der Waals surface area (Å²) in [5, 5.41) is 6.28. The topological polar surface area (TPSA) is 72.5 Å². The molecule has 2 N–H and O–H groups in total. The monoisotopic (exact) mass is 389 g/mol. The summed E-state index contributed by atoms with van der Waals surface area (Å²) in [7, 11) is 0. The molecule has 2 heterocycles. The predicted molar refractivity (Wildman–Crippen MR) is 113 cm³/mol. The standard InChI is InChI=1S/C23H23N3O3/c1-14-8-15(2)22(16(3)9-14)26-23(27)19-6-5-18(12-25-19)24-11-17-4-7-20-21(10-17)29-13-28-20/h4-10,12,24H,11,13H2,1-3H3,(H,26,27). The lowest BCUT2D eigenvalue weighted by atomic mass is 10.0. The molecule has 0 unspecified atom stereocenters. The second kappa shape index (κ2) is 7.83. The minimum absolute atomic E-state index is 0.220. The number of aromatic nitrogens is 1. The minimum atomic E-state index is -0.220. The predicted octanol–water partition coefficient (Wildman–Crippen LogP) is 4.60. The minimum Gasteiger partial charge on any atom is -0.454 e. The van der Waals surface area contributed by atoms with E-state index in [1.807, 2.05) is 45.0 Å². The fraction of sp³-hybridized carbons (Fsp3) is 0.217. The number of amides is 1. The van der Waals surface area contributed by atoms with Crippen molar-refractivity contribution in [1.82, 2.24) is 4.98 Å². The van der Waals surface area contributed by atoms with Gasteiger partial charge in [0.2, 0.25) is 6.79 Å². The largest absolute Gasteiger partial charge is 0.454 e. The van der Waals surface area contributed by atoms with Gasteiger partial charge < -0.3 is 20.1 Å². The molecule has 1 aromatic heterocycles. The van der Waals surface area contributed by atoms with Gasteiger partial charge in [0.15, 0.2) is 11.5 Å². The van der Waals surface area contributed by atoms with E-state index in [9.17, 15) is 4.79 Å². The Morgan fingerprint density at radius 2 is 1.76 bits per heavy atom. The van der Waals surface area contributed by atoms with Gasteiger partial charge in [0.1, 0.15) is 5.69 Å². The van der Waals surface area contributed by atoms with Crippen molar-refractivity contribution < 1.29 is 14.3 Å². The summed E-state index contributed by atoms with van der Waals surface area (Å²) in [6.07, 6.45) is 1.66. The third kappa shape index (κ3) is 4.16. The highest BCUT2D eigenvalue weighted by molar-refractivity contribution is 6.03. The van der Waals surface area contributed by atoms with Crippen molar-refractivity contribution in [3.8, 4) is 11.5 Å². The average Bonchev–Trinajstić information content (AvgIpc) is 3.17. The van der Waals surface area contributed by atoms with Gasteiger partial charge in [-0.3, -0.25) is 4.79 Å². The normalized spacial score (nSPS) is 12.0. The Kier molecular flexibility index (Phi) is 5.08. The van der Waals surface area contributed by atoms with Crippen LogP contribution in [0.4, 0.5) is 11.4 Å². The van der Waals surface area contributed by atoms with Gasteiger partial charge in [-0.25, -0.2) is 4.98 Å². The van der Waals surface area contributed by atoms with Crippen LogP contribution in [0.3, 0.4) is 0 Å². The van der Waals surface area contributed by atoms with Crippen molar-refractivity contribution in [3.05, 3.63) is 76.6 Å². The maximum Gasteiger partial charge on any atom is 0.274 e. The molecule has 148 valence electrons. The van der Waals surface area contributed by atoms with Crippen LogP contribution in [0.15, 0.2) is 48.7 Å². The molecule has 1 aliphatic heterocycles. The Labute approximate surface area is 169 Å². The number of ether oxygens (including phenoxy) is 2. The second-order valence-corrected chi connectivity index (χ2v) is 7.20. The Balaban J connectivity index is 1.39. The zero-order valence-corrected chi connectivity index (χ0v) is 16.7. The van der Waals surface area contributed by atoms with E-state index in [4.69, 9.17) is 9.47 Å². The van der Waals surface area contributed by atoms with Crippen molar-refractivity contribution in [2.75, 3.05) is 17.4 Å². The van der Waals surface area contributed by atoms with Crippen LogP contribution in [0, 0.1) is 20.8 Å². The lowest BCUT2D eigenvalue weighted by Crippen LogP contribution is -2.15. The maximum atomic E-state index is 12.6. The number of aryl methyl sites for hydroxylation is 3. The van der Waals surface area contributed by atoms with E-state index in [0.29, 0.717) is 12.2 Å². The van der Waals surface area contributed by atoms with Gasteiger partial charge in [0.05, 0.1) is 11.9 Å². The molecule has 29 heavy (non-hydrogen) atoms. The molecule has 0 fully saturated rings. The van der Waals surface area contributed by atoms with Crippen LogP contribution in [-0.2, 0) is 6.54 Å². The molecule has 2 aromatic carbocycles. The molecule has 6 heteroatoms. The Morgan fingerprint density at radius 3 is 2.48 bits per heavy atom. The fourth-order valence-corrected chi connectivity index (χ4v) is 3.44. The molecule has 6 nitrogen and oxygen atoms in total. The quantitative estimate of drug-likeness (QED) is 0.667. The van der Waals surface area contributed by atoms with E-state index < -0.39 is 0 Å². The van der Waals surface area contributed by atoms with Crippen molar-refractivity contribution >= 4 is 17.3 Å². The number of hydrogen-bond donors (Lipinski definition) is 2. The van der Waals surface area contributed by atoms with Gasteiger partial charge in [0.25, 0.3) is 5.91 Å². The Bertz CT molecular complexity index is 1040. The number of nitrogens with one attached hydrogen (secondary N) is 2. The number of carbonyl (C=O) groups excluding carboxylic acids is 1. The molecule has 0 aliphatic carbocycles. The van der Waals surface area contributed by atoms with Gasteiger partial charge in [-0.1, -0.05) is 23.8 Å². The third-order valence-electron chi connectivity index (χ3n) is 4.85. The highest BCUT2D eigenvalue weighted by Gasteiger charge is 2.14. The van der Waals surface area contributed by atoms with E-state index in [1.54, 1.807) is 12.3 Å². The van der Waals surface area contributed by atoms with E-state index in [-0.39, 0.29) is 12.7 Å². The molecule has 0 bridgehead atoms. The number of nitrogens with zero attached hydrogens (tertiary/aromatic N) is 1. The van der Waals surface area contributed by atoms with Crippen LogP contribution >= 0.6 is 0 Å². The SMILES string of the molecule is Cc1cc(C)c(NC(=O)c2ccc(NCc3ccc4c(c3)OCO4)cn2)c(C)c1. The lowest BCUT2D eigenvalue weighted by molar-refractivity contribution is 0.102. The molecular formula is C23H23N3O3. The van der Waals surface area contributed by atoms with E-state index in [0.717, 1.165) is 39.6 Å². The van der Waals surface area contributed by atoms with Crippen LogP contribution in [0.5, 0.6) is 11.5 Å². The number of hydrogen-bond acceptors (Lipinski definition) is 5. The first-order valence-corrected chi connectivity index (χ1v) is 9.47. The molecule has 1 amide bonds. The first kappa shape index (κ1) is 18.8. The first-order valence-electron chi connectivity index (χ1n) is 9.47. The third-order valence-corrected chi connectivity index (χ3v) is 4.85. The van der Waals surface area contributed by atoms with E-state index in [1.165, 1.54) is 5.56 Å². The van der Waals surface area contributed by atoms with Crippen LogP contribution in [0.2, 0.25) is 0 Å². The van der Waals surface area contributed by atoms with E-state index >= 15 is 0 Å². The Hall–Kier alpha value is -3.54. The molecule has 0 saturated carbocycles. The van der Waals surface area contributed by atoms with Gasteiger partial charge in [-0.2, -0.15) is 0 Å². The van der Waals surface area contributed by atoms with Gasteiger partial charge in [-0.15, -0.1) is 0 Å². The first-order chi connectivity index (χ1) is 14.0. The summed E-state index contributed by atoms with van der Waals surface area (Å²) >= 11 is 0. The maximum absolute atomic E-state index is 12.6. The molecule has 1 aliphatic rings. The zero-order valence-electron chi connectivity index (χ0n) is 16.7. The number of carbonyl (C=O) groups is 1. The van der Waals surface area contributed by atoms with Crippen LogP contribution in [0.25, 0.3) is 0 Å². The Morgan fingerprint density at radius 1 is 1.00 bits per heavy atom. The highest BCUT2D eigenvalue weighted by Crippen LogP contribution is 2.32. The number of benzene rings is 2. The molecule has 4 rings (SSSR count). The number of fused-ring (bicyclic) bond motifs is 1. The highest BCUT2D eigenvalue weighted by atomic mass is 16.7. The van der Waals surface area contributed by atoms with Crippen molar-refractivity contribution in [2.24, 2.45) is 0 Å². The summed E-state index contributed by atoms with van der Waals surface area (Å²) in [6.45, 7) is 6.91. The van der Waals surface area contributed by atoms with E-state index in [2.05, 4.69) is 27.8 Å². The molecule has 0 atom stereocenters. The smallest absolute Gasteiger partial charge is 0.274 e. The number of rotatable bonds is 5. The zero-order chi connectivity index (χ0) is 20.4. The van der Waals surface area contributed by atoms with Gasteiger partial charge in [0, 0.05) is 12.2 Å². The van der Waals surface area contributed by atoms with Crippen LogP contribution in [-0.4, -0.2) is 17.7 Å².